The van der Waals surface area contributed by atoms with Crippen LogP contribution in [0.5, 0.6) is 0 Å². The molecule has 0 spiro atoms. The lowest BCUT2D eigenvalue weighted by Gasteiger charge is -2.01. The number of aromatic nitrogens is 3. The zero-order valence-electron chi connectivity index (χ0n) is 11.4. The van der Waals surface area contributed by atoms with Crippen molar-refractivity contribution < 1.29 is 9.53 Å². The summed E-state index contributed by atoms with van der Waals surface area (Å²) in [6, 6.07) is 11.4. The fourth-order valence-electron chi connectivity index (χ4n) is 1.89. The molecule has 0 fully saturated rings. The fraction of sp³-hybridized carbons (Fsp3) is 0.133. The second kappa shape index (κ2) is 5.97. The minimum atomic E-state index is -0.376. The van der Waals surface area contributed by atoms with E-state index in [1.807, 2.05) is 30.3 Å². The Morgan fingerprint density at radius 3 is 2.86 bits per heavy atom. The van der Waals surface area contributed by atoms with Crippen molar-refractivity contribution >= 4 is 28.8 Å². The highest BCUT2D eigenvalue weighted by molar-refractivity contribution is 7.98. The largest absolute Gasteiger partial charge is 0.465 e. The van der Waals surface area contributed by atoms with Crippen molar-refractivity contribution in [2.75, 3.05) is 7.11 Å². The van der Waals surface area contributed by atoms with Crippen LogP contribution in [0.1, 0.15) is 16.1 Å². The molecule has 1 N–H and O–H groups in total. The zero-order chi connectivity index (χ0) is 14.7. The van der Waals surface area contributed by atoms with Crippen molar-refractivity contribution in [1.82, 2.24) is 15.0 Å². The third-order valence-corrected chi connectivity index (χ3v) is 3.88. The Hall–Kier alpha value is -2.34. The Kier molecular flexibility index (Phi) is 3.87. The average molecular weight is 299 g/mol. The van der Waals surface area contributed by atoms with E-state index >= 15 is 0 Å². The number of hydrogen-bond donors (Lipinski definition) is 1. The van der Waals surface area contributed by atoms with Crippen LogP contribution in [0.4, 0.5) is 0 Å². The second-order valence-corrected chi connectivity index (χ2v) is 5.34. The van der Waals surface area contributed by atoms with Crippen LogP contribution < -0.4 is 0 Å². The molecule has 6 heteroatoms. The summed E-state index contributed by atoms with van der Waals surface area (Å²) in [6.07, 6.45) is 1.53. The number of imidazole rings is 1. The van der Waals surface area contributed by atoms with Gasteiger partial charge in [-0.2, -0.15) is 0 Å². The molecule has 0 amide bonds. The number of esters is 1. The topological polar surface area (TPSA) is 67.9 Å². The molecule has 0 unspecified atom stereocenters. The van der Waals surface area contributed by atoms with Gasteiger partial charge in [0, 0.05) is 11.9 Å². The van der Waals surface area contributed by atoms with Crippen LogP contribution in [-0.2, 0) is 10.5 Å². The lowest BCUT2D eigenvalue weighted by Crippen LogP contribution is -2.02. The van der Waals surface area contributed by atoms with Gasteiger partial charge in [0.15, 0.2) is 5.16 Å². The minimum absolute atomic E-state index is 0.376. The van der Waals surface area contributed by atoms with Crippen molar-refractivity contribution in [3.8, 4) is 0 Å². The fourth-order valence-corrected chi connectivity index (χ4v) is 2.69. The highest BCUT2D eigenvalue weighted by Gasteiger charge is 2.07. The summed E-state index contributed by atoms with van der Waals surface area (Å²) in [7, 11) is 1.35. The van der Waals surface area contributed by atoms with Gasteiger partial charge in [-0.1, -0.05) is 23.9 Å². The molecule has 0 saturated heterocycles. The SMILES string of the molecule is COC(=O)c1ccc(CSc2nc3ccccc3[nH]2)nc1. The van der Waals surface area contributed by atoms with E-state index in [-0.39, 0.29) is 5.97 Å². The van der Waals surface area contributed by atoms with Crippen molar-refractivity contribution in [3.05, 3.63) is 53.9 Å². The molecule has 3 aromatic rings. The summed E-state index contributed by atoms with van der Waals surface area (Å²) in [6.45, 7) is 0. The smallest absolute Gasteiger partial charge is 0.339 e. The molecule has 0 aliphatic rings. The van der Waals surface area contributed by atoms with E-state index in [1.54, 1.807) is 17.8 Å². The van der Waals surface area contributed by atoms with Crippen molar-refractivity contribution in [2.24, 2.45) is 0 Å². The Morgan fingerprint density at radius 1 is 1.29 bits per heavy atom. The van der Waals surface area contributed by atoms with E-state index in [1.165, 1.54) is 13.3 Å². The predicted molar refractivity (Wildman–Crippen MR) is 81.2 cm³/mol. The maximum Gasteiger partial charge on any atom is 0.339 e. The van der Waals surface area contributed by atoms with E-state index in [9.17, 15) is 4.79 Å². The lowest BCUT2D eigenvalue weighted by molar-refractivity contribution is 0.0600. The second-order valence-electron chi connectivity index (χ2n) is 4.38. The van der Waals surface area contributed by atoms with Crippen molar-refractivity contribution in [1.29, 1.82) is 0 Å². The number of aromatic amines is 1. The molecule has 21 heavy (non-hydrogen) atoms. The first-order valence-electron chi connectivity index (χ1n) is 6.37. The molecule has 2 aromatic heterocycles. The molecule has 0 bridgehead atoms. The quantitative estimate of drug-likeness (QED) is 0.592. The molecule has 2 heterocycles. The molecule has 0 radical (unpaired) electrons. The van der Waals surface area contributed by atoms with E-state index < -0.39 is 0 Å². The number of carbonyl (C=O) groups is 1. The molecular formula is C15H13N3O2S. The highest BCUT2D eigenvalue weighted by atomic mass is 32.2. The van der Waals surface area contributed by atoms with Gasteiger partial charge in [0.05, 0.1) is 29.4 Å². The summed E-state index contributed by atoms with van der Waals surface area (Å²) < 4.78 is 4.64. The highest BCUT2D eigenvalue weighted by Crippen LogP contribution is 2.22. The molecule has 106 valence electrons. The number of methoxy groups -OCH3 is 1. The third kappa shape index (κ3) is 3.05. The third-order valence-electron chi connectivity index (χ3n) is 2.97. The number of H-pyrrole nitrogens is 1. The summed E-state index contributed by atoms with van der Waals surface area (Å²) in [5, 5.41) is 0.857. The minimum Gasteiger partial charge on any atom is -0.465 e. The van der Waals surface area contributed by atoms with E-state index in [4.69, 9.17) is 0 Å². The maximum atomic E-state index is 11.3. The molecule has 0 aliphatic heterocycles. The van der Waals surface area contributed by atoms with Crippen LogP contribution in [0.3, 0.4) is 0 Å². The number of thioether (sulfide) groups is 1. The van der Waals surface area contributed by atoms with Gasteiger partial charge < -0.3 is 9.72 Å². The monoisotopic (exact) mass is 299 g/mol. The molecular weight excluding hydrogens is 286 g/mol. The van der Waals surface area contributed by atoms with Gasteiger partial charge in [-0.15, -0.1) is 0 Å². The van der Waals surface area contributed by atoms with Gasteiger partial charge in [0.25, 0.3) is 0 Å². The summed E-state index contributed by atoms with van der Waals surface area (Å²) >= 11 is 1.57. The van der Waals surface area contributed by atoms with Crippen LogP contribution >= 0.6 is 11.8 Å². The van der Waals surface area contributed by atoms with Crippen LogP contribution in [0.25, 0.3) is 11.0 Å². The van der Waals surface area contributed by atoms with E-state index in [0.717, 1.165) is 21.9 Å². The maximum absolute atomic E-state index is 11.3. The number of pyridine rings is 1. The number of fused-ring (bicyclic) bond motifs is 1. The van der Waals surface area contributed by atoms with Gasteiger partial charge in [-0.05, 0) is 24.3 Å². The molecule has 0 atom stereocenters. The van der Waals surface area contributed by atoms with E-state index in [2.05, 4.69) is 19.7 Å². The Morgan fingerprint density at radius 2 is 2.14 bits per heavy atom. The number of carbonyl (C=O) groups excluding carboxylic acids is 1. The molecule has 0 aliphatic carbocycles. The number of nitrogens with zero attached hydrogens (tertiary/aromatic N) is 2. The molecule has 3 rings (SSSR count). The van der Waals surface area contributed by atoms with Crippen LogP contribution in [0, 0.1) is 0 Å². The Bertz CT molecular complexity index is 735. The number of rotatable bonds is 4. The molecule has 0 saturated carbocycles. The predicted octanol–water partition coefficient (Wildman–Crippen LogP) is 3.04. The summed E-state index contributed by atoms with van der Waals surface area (Å²) in [5.41, 5.74) is 3.31. The standard InChI is InChI=1S/C15H13N3O2S/c1-20-14(19)10-6-7-11(16-8-10)9-21-15-17-12-4-2-3-5-13(12)18-15/h2-8H,9H2,1H3,(H,17,18). The van der Waals surface area contributed by atoms with Gasteiger partial charge >= 0.3 is 5.97 Å². The van der Waals surface area contributed by atoms with E-state index in [0.29, 0.717) is 11.3 Å². The first-order chi connectivity index (χ1) is 10.3. The van der Waals surface area contributed by atoms with Crippen LogP contribution in [0.2, 0.25) is 0 Å². The number of ether oxygens (including phenoxy) is 1. The lowest BCUT2D eigenvalue weighted by atomic mass is 10.2. The van der Waals surface area contributed by atoms with Crippen LogP contribution in [0.15, 0.2) is 47.8 Å². The number of benzene rings is 1. The number of para-hydroxylation sites is 2. The van der Waals surface area contributed by atoms with Crippen molar-refractivity contribution in [2.45, 2.75) is 10.9 Å². The first-order valence-corrected chi connectivity index (χ1v) is 7.35. The van der Waals surface area contributed by atoms with Gasteiger partial charge in [0.2, 0.25) is 0 Å². The van der Waals surface area contributed by atoms with Crippen molar-refractivity contribution in [3.63, 3.8) is 0 Å². The summed E-state index contributed by atoms with van der Waals surface area (Å²) in [5.74, 6) is 0.306. The van der Waals surface area contributed by atoms with Gasteiger partial charge in [-0.3, -0.25) is 4.98 Å². The van der Waals surface area contributed by atoms with Gasteiger partial charge in [-0.25, -0.2) is 9.78 Å². The first kappa shape index (κ1) is 13.6. The zero-order valence-corrected chi connectivity index (χ0v) is 12.2. The average Bonchev–Trinajstić information content (AvgIpc) is 2.95. The van der Waals surface area contributed by atoms with Crippen LogP contribution in [-0.4, -0.2) is 28.0 Å². The van der Waals surface area contributed by atoms with Gasteiger partial charge in [0.1, 0.15) is 0 Å². The Labute approximate surface area is 125 Å². The normalized spacial score (nSPS) is 10.7. The molecule has 1 aromatic carbocycles. The molecule has 5 nitrogen and oxygen atoms in total. The number of nitrogens with one attached hydrogen (secondary N) is 1. The Balaban J connectivity index is 1.68. The number of hydrogen-bond acceptors (Lipinski definition) is 5. The summed E-state index contributed by atoms with van der Waals surface area (Å²) in [4.78, 5) is 23.3.